The molecule has 1 aromatic carbocycles. The number of esters is 2. The number of unbranched alkanes of at least 4 members (excludes halogenated alkanes) is 1. The number of nitrogens with zero attached hydrogens (tertiary/aromatic N) is 1. The van der Waals surface area contributed by atoms with E-state index in [1.165, 1.54) is 36.3 Å². The smallest absolute Gasteiger partial charge is 0.338 e. The Morgan fingerprint density at radius 3 is 2.21 bits per heavy atom. The van der Waals surface area contributed by atoms with Crippen LogP contribution in [-0.2, 0) is 24.1 Å². The lowest BCUT2D eigenvalue weighted by molar-refractivity contribution is -0.136. The molecule has 154 valence electrons. The Bertz CT molecular complexity index is 817. The lowest BCUT2D eigenvalue weighted by Crippen LogP contribution is -2.43. The molecular formula is C19H25NO7S. The summed E-state index contributed by atoms with van der Waals surface area (Å²) in [5, 5.41) is 0. The van der Waals surface area contributed by atoms with Crippen LogP contribution in [0, 0.1) is 0 Å². The van der Waals surface area contributed by atoms with Crippen molar-refractivity contribution in [3.63, 3.8) is 0 Å². The van der Waals surface area contributed by atoms with E-state index in [2.05, 4.69) is 4.74 Å². The zero-order valence-electron chi connectivity index (χ0n) is 16.0. The second kappa shape index (κ2) is 9.68. The first kappa shape index (κ1) is 21.9. The monoisotopic (exact) mass is 411 g/mol. The van der Waals surface area contributed by atoms with E-state index in [-0.39, 0.29) is 23.1 Å². The Morgan fingerprint density at radius 1 is 1.11 bits per heavy atom. The number of ether oxygens (including phenoxy) is 2. The minimum atomic E-state index is -3.13. The second-order valence-electron chi connectivity index (χ2n) is 6.64. The first-order valence-corrected chi connectivity index (χ1v) is 10.9. The molecular weight excluding hydrogens is 386 g/mol. The molecule has 1 unspecified atom stereocenters. The fourth-order valence-corrected chi connectivity index (χ4v) is 4.75. The van der Waals surface area contributed by atoms with Gasteiger partial charge in [0.2, 0.25) is 0 Å². The van der Waals surface area contributed by atoms with Crippen LogP contribution in [0.25, 0.3) is 0 Å². The molecule has 1 aliphatic rings. The molecule has 9 heteroatoms. The van der Waals surface area contributed by atoms with E-state index < -0.39 is 34.3 Å². The maximum absolute atomic E-state index is 12.6. The van der Waals surface area contributed by atoms with Crippen LogP contribution in [-0.4, -0.2) is 69.0 Å². The number of carbonyl (C=O) groups is 3. The largest absolute Gasteiger partial charge is 0.465 e. The van der Waals surface area contributed by atoms with Gasteiger partial charge in [-0.15, -0.1) is 0 Å². The van der Waals surface area contributed by atoms with Crippen molar-refractivity contribution in [1.82, 2.24) is 4.90 Å². The van der Waals surface area contributed by atoms with Crippen LogP contribution in [0.1, 0.15) is 46.9 Å². The van der Waals surface area contributed by atoms with E-state index in [1.54, 1.807) is 0 Å². The molecule has 0 radical (unpaired) electrons. The molecule has 2 rings (SSSR count). The van der Waals surface area contributed by atoms with Gasteiger partial charge in [-0.25, -0.2) is 18.0 Å². The molecule has 0 saturated carbocycles. The molecule has 8 nitrogen and oxygen atoms in total. The average Bonchev–Trinajstić information content (AvgIpc) is 3.05. The summed E-state index contributed by atoms with van der Waals surface area (Å²) in [6.07, 6.45) is 2.00. The average molecular weight is 411 g/mol. The third-order valence-electron chi connectivity index (χ3n) is 4.59. The molecule has 0 N–H and O–H groups in total. The van der Waals surface area contributed by atoms with Crippen LogP contribution in [0.15, 0.2) is 24.3 Å². The molecule has 0 aromatic heterocycles. The number of methoxy groups -OCH3 is 1. The van der Waals surface area contributed by atoms with Crippen LogP contribution in [0.2, 0.25) is 0 Å². The highest BCUT2D eigenvalue weighted by atomic mass is 32.2. The van der Waals surface area contributed by atoms with Crippen molar-refractivity contribution >= 4 is 27.7 Å². The second-order valence-corrected chi connectivity index (χ2v) is 8.87. The maximum atomic E-state index is 12.6. The SMILES string of the molecule is CCCCN(C(=O)COC(=O)c1ccc(C(=O)OC)cc1)C1CCS(=O)(=O)C1. The van der Waals surface area contributed by atoms with Crippen molar-refractivity contribution in [2.75, 3.05) is 31.8 Å². The van der Waals surface area contributed by atoms with Gasteiger partial charge >= 0.3 is 11.9 Å². The number of sulfone groups is 1. The first-order chi connectivity index (χ1) is 13.3. The third-order valence-corrected chi connectivity index (χ3v) is 6.34. The van der Waals surface area contributed by atoms with E-state index in [4.69, 9.17) is 4.74 Å². The first-order valence-electron chi connectivity index (χ1n) is 9.12. The van der Waals surface area contributed by atoms with Gasteiger partial charge in [0.25, 0.3) is 5.91 Å². The van der Waals surface area contributed by atoms with Gasteiger partial charge in [0.15, 0.2) is 16.4 Å². The Hall–Kier alpha value is -2.42. The van der Waals surface area contributed by atoms with Crippen molar-refractivity contribution in [1.29, 1.82) is 0 Å². The van der Waals surface area contributed by atoms with Gasteiger partial charge < -0.3 is 14.4 Å². The summed E-state index contributed by atoms with van der Waals surface area (Å²) >= 11 is 0. The summed E-state index contributed by atoms with van der Waals surface area (Å²) in [6.45, 7) is 1.95. The van der Waals surface area contributed by atoms with E-state index >= 15 is 0 Å². The molecule has 1 heterocycles. The van der Waals surface area contributed by atoms with Crippen LogP contribution in [0.5, 0.6) is 0 Å². The van der Waals surface area contributed by atoms with E-state index in [1.807, 2.05) is 6.92 Å². The Labute approximate surface area is 164 Å². The molecule has 1 saturated heterocycles. The highest BCUT2D eigenvalue weighted by molar-refractivity contribution is 7.91. The van der Waals surface area contributed by atoms with Crippen LogP contribution in [0.3, 0.4) is 0 Å². The predicted molar refractivity (Wildman–Crippen MR) is 102 cm³/mol. The Kier molecular flexibility index (Phi) is 7.56. The molecule has 0 spiro atoms. The summed E-state index contributed by atoms with van der Waals surface area (Å²) in [5.74, 6) is -1.60. The molecule has 28 heavy (non-hydrogen) atoms. The molecule has 1 amide bonds. The van der Waals surface area contributed by atoms with Gasteiger partial charge in [-0.2, -0.15) is 0 Å². The van der Waals surface area contributed by atoms with Crippen LogP contribution in [0.4, 0.5) is 0 Å². The van der Waals surface area contributed by atoms with Gasteiger partial charge in [-0.05, 0) is 37.1 Å². The molecule has 0 aliphatic carbocycles. The van der Waals surface area contributed by atoms with Crippen molar-refractivity contribution in [3.05, 3.63) is 35.4 Å². The van der Waals surface area contributed by atoms with Gasteiger partial charge in [-0.1, -0.05) is 13.3 Å². The summed E-state index contributed by atoms with van der Waals surface area (Å²) < 4.78 is 33.2. The fraction of sp³-hybridized carbons (Fsp3) is 0.526. The number of hydrogen-bond donors (Lipinski definition) is 0. The third kappa shape index (κ3) is 5.79. The van der Waals surface area contributed by atoms with Gasteiger partial charge in [0.1, 0.15) is 0 Å². The van der Waals surface area contributed by atoms with Crippen molar-refractivity contribution in [2.24, 2.45) is 0 Å². The van der Waals surface area contributed by atoms with E-state index in [9.17, 15) is 22.8 Å². The highest BCUT2D eigenvalue weighted by Gasteiger charge is 2.34. The molecule has 1 aromatic rings. The Morgan fingerprint density at radius 2 is 1.71 bits per heavy atom. The minimum Gasteiger partial charge on any atom is -0.465 e. The van der Waals surface area contributed by atoms with Crippen molar-refractivity contribution in [2.45, 2.75) is 32.2 Å². The minimum absolute atomic E-state index is 0.0502. The molecule has 1 fully saturated rings. The molecule has 1 atom stereocenters. The normalized spacial score (nSPS) is 17.7. The Balaban J connectivity index is 1.97. The number of benzene rings is 1. The summed E-state index contributed by atoms with van der Waals surface area (Å²) in [7, 11) is -1.87. The fourth-order valence-electron chi connectivity index (χ4n) is 3.01. The highest BCUT2D eigenvalue weighted by Crippen LogP contribution is 2.19. The lowest BCUT2D eigenvalue weighted by atomic mass is 10.1. The number of rotatable bonds is 8. The zero-order chi connectivity index (χ0) is 20.7. The van der Waals surface area contributed by atoms with Crippen molar-refractivity contribution in [3.8, 4) is 0 Å². The standard InChI is InChI=1S/C19H25NO7S/c1-3-4-10-20(16-9-11-28(24,25)13-16)17(21)12-27-19(23)15-7-5-14(6-8-15)18(22)26-2/h5-8,16H,3-4,9-13H2,1-2H3. The predicted octanol–water partition coefficient (Wildman–Crippen LogP) is 1.45. The van der Waals surface area contributed by atoms with Crippen molar-refractivity contribution < 1.29 is 32.3 Å². The zero-order valence-corrected chi connectivity index (χ0v) is 16.9. The number of carbonyl (C=O) groups excluding carboxylic acids is 3. The summed E-state index contributed by atoms with van der Waals surface area (Å²) in [4.78, 5) is 37.6. The lowest BCUT2D eigenvalue weighted by Gasteiger charge is -2.28. The number of hydrogen-bond acceptors (Lipinski definition) is 7. The summed E-state index contributed by atoms with van der Waals surface area (Å²) in [6, 6.07) is 5.32. The van der Waals surface area contributed by atoms with Crippen LogP contribution < -0.4 is 0 Å². The quantitative estimate of drug-likeness (QED) is 0.596. The van der Waals surface area contributed by atoms with E-state index in [0.717, 1.165) is 12.8 Å². The van der Waals surface area contributed by atoms with E-state index in [0.29, 0.717) is 18.5 Å². The summed E-state index contributed by atoms with van der Waals surface area (Å²) in [5.41, 5.74) is 0.493. The maximum Gasteiger partial charge on any atom is 0.338 e. The van der Waals surface area contributed by atoms with Gasteiger partial charge in [-0.3, -0.25) is 4.79 Å². The molecule has 0 bridgehead atoms. The topological polar surface area (TPSA) is 107 Å². The van der Waals surface area contributed by atoms with Gasteiger partial charge in [0, 0.05) is 12.6 Å². The van der Waals surface area contributed by atoms with Crippen LogP contribution >= 0.6 is 0 Å². The number of amides is 1. The van der Waals surface area contributed by atoms with Gasteiger partial charge in [0.05, 0.1) is 29.7 Å². The molecule has 1 aliphatic heterocycles.